The van der Waals surface area contributed by atoms with E-state index in [1.54, 1.807) is 29.2 Å². The summed E-state index contributed by atoms with van der Waals surface area (Å²) in [7, 11) is 0. The minimum absolute atomic E-state index is 0.00719. The lowest BCUT2D eigenvalue weighted by molar-refractivity contribution is -0.116. The molecule has 0 fully saturated rings. The zero-order chi connectivity index (χ0) is 21.4. The van der Waals surface area contributed by atoms with Gasteiger partial charge in [0.15, 0.2) is 0 Å². The molecule has 7 heteroatoms. The number of aromatic nitrogens is 2. The van der Waals surface area contributed by atoms with E-state index in [2.05, 4.69) is 16.5 Å². The first-order valence-electron chi connectivity index (χ1n) is 10.00. The van der Waals surface area contributed by atoms with E-state index < -0.39 is 0 Å². The van der Waals surface area contributed by atoms with Crippen molar-refractivity contribution in [3.8, 4) is 6.07 Å². The van der Waals surface area contributed by atoms with E-state index in [1.165, 1.54) is 0 Å². The molecule has 0 spiro atoms. The van der Waals surface area contributed by atoms with Gasteiger partial charge in [0, 0.05) is 36.5 Å². The molecule has 0 aliphatic rings. The molecule has 0 radical (unpaired) electrons. The summed E-state index contributed by atoms with van der Waals surface area (Å²) in [6.45, 7) is 9.69. The van der Waals surface area contributed by atoms with Crippen LogP contribution in [0.1, 0.15) is 54.0 Å². The van der Waals surface area contributed by atoms with Crippen LogP contribution in [0.2, 0.25) is 0 Å². The molecule has 0 unspecified atom stereocenters. The molecule has 154 valence electrons. The molecule has 0 saturated heterocycles. The van der Waals surface area contributed by atoms with Gasteiger partial charge in [0.2, 0.25) is 5.91 Å². The lowest BCUT2D eigenvalue weighted by Crippen LogP contribution is -2.30. The van der Waals surface area contributed by atoms with Crippen LogP contribution >= 0.6 is 0 Å². The van der Waals surface area contributed by atoms with E-state index in [0.717, 1.165) is 17.0 Å². The van der Waals surface area contributed by atoms with Crippen LogP contribution in [-0.2, 0) is 17.8 Å². The maximum atomic E-state index is 12.4. The first kappa shape index (κ1) is 22.2. The fraction of sp³-hybridized carbons (Fsp3) is 0.455. The summed E-state index contributed by atoms with van der Waals surface area (Å²) >= 11 is 0. The second-order valence-corrected chi connectivity index (χ2v) is 6.88. The first-order valence-corrected chi connectivity index (χ1v) is 10.00. The number of nitrogens with one attached hydrogen (secondary N) is 1. The molecule has 1 heterocycles. The van der Waals surface area contributed by atoms with E-state index in [0.29, 0.717) is 50.1 Å². The van der Waals surface area contributed by atoms with Crippen molar-refractivity contribution >= 4 is 17.5 Å². The second kappa shape index (κ2) is 10.4. The number of anilines is 1. The standard InChI is InChI=1S/C22H29N5O2/c1-5-26(6-2)22(29)18-8-10-19(11-9-18)24-21(28)13-12-20-16(3)25-27(17(20)4)15-7-14-23/h8-11H,5-7,12-13,15H2,1-4H3,(H,24,28). The molecule has 0 aliphatic heterocycles. The number of carbonyl (C=O) groups is 2. The predicted molar refractivity (Wildman–Crippen MR) is 113 cm³/mol. The Bertz CT molecular complexity index is 889. The Morgan fingerprint density at radius 3 is 2.41 bits per heavy atom. The third-order valence-electron chi connectivity index (χ3n) is 5.04. The van der Waals surface area contributed by atoms with Gasteiger partial charge < -0.3 is 10.2 Å². The van der Waals surface area contributed by atoms with Crippen LogP contribution in [0.3, 0.4) is 0 Å². The van der Waals surface area contributed by atoms with Crippen molar-refractivity contribution in [3.05, 3.63) is 46.8 Å². The molecule has 1 aromatic carbocycles. The number of rotatable bonds is 9. The summed E-state index contributed by atoms with van der Waals surface area (Å²) in [6.07, 6.45) is 1.34. The molecule has 29 heavy (non-hydrogen) atoms. The number of nitriles is 1. The normalized spacial score (nSPS) is 10.4. The van der Waals surface area contributed by atoms with Crippen molar-refractivity contribution in [1.82, 2.24) is 14.7 Å². The molecular formula is C22H29N5O2. The van der Waals surface area contributed by atoms with Crippen molar-refractivity contribution < 1.29 is 9.59 Å². The Balaban J connectivity index is 1.94. The Labute approximate surface area is 172 Å². The van der Waals surface area contributed by atoms with Crippen LogP contribution in [0.5, 0.6) is 0 Å². The highest BCUT2D eigenvalue weighted by Gasteiger charge is 2.14. The number of amides is 2. The zero-order valence-electron chi connectivity index (χ0n) is 17.7. The van der Waals surface area contributed by atoms with Crippen LogP contribution in [0.25, 0.3) is 0 Å². The number of aryl methyl sites for hydroxylation is 2. The predicted octanol–water partition coefficient (Wildman–Crippen LogP) is 3.47. The Morgan fingerprint density at radius 1 is 1.17 bits per heavy atom. The van der Waals surface area contributed by atoms with E-state index in [1.807, 2.05) is 32.4 Å². The van der Waals surface area contributed by atoms with Gasteiger partial charge in [0.1, 0.15) is 0 Å². The largest absolute Gasteiger partial charge is 0.339 e. The fourth-order valence-electron chi connectivity index (χ4n) is 3.32. The zero-order valence-corrected chi connectivity index (χ0v) is 17.7. The maximum Gasteiger partial charge on any atom is 0.253 e. The smallest absolute Gasteiger partial charge is 0.253 e. The highest BCUT2D eigenvalue weighted by molar-refractivity contribution is 5.95. The maximum absolute atomic E-state index is 12.4. The van der Waals surface area contributed by atoms with Gasteiger partial charge >= 0.3 is 0 Å². The monoisotopic (exact) mass is 395 g/mol. The minimum Gasteiger partial charge on any atom is -0.339 e. The molecule has 7 nitrogen and oxygen atoms in total. The summed E-state index contributed by atoms with van der Waals surface area (Å²) in [4.78, 5) is 26.5. The van der Waals surface area contributed by atoms with Gasteiger partial charge in [0.25, 0.3) is 5.91 Å². The van der Waals surface area contributed by atoms with Crippen molar-refractivity contribution in [2.75, 3.05) is 18.4 Å². The van der Waals surface area contributed by atoms with Crippen LogP contribution in [0.15, 0.2) is 24.3 Å². The number of hydrogen-bond donors (Lipinski definition) is 1. The Kier molecular flexibility index (Phi) is 7.96. The van der Waals surface area contributed by atoms with E-state index in [4.69, 9.17) is 5.26 Å². The molecule has 0 aliphatic carbocycles. The summed E-state index contributed by atoms with van der Waals surface area (Å²) in [5, 5.41) is 16.1. The summed E-state index contributed by atoms with van der Waals surface area (Å²) < 4.78 is 1.83. The highest BCUT2D eigenvalue weighted by atomic mass is 16.2. The molecular weight excluding hydrogens is 366 g/mol. The molecule has 1 N–H and O–H groups in total. The summed E-state index contributed by atoms with van der Waals surface area (Å²) in [5.74, 6) is -0.0939. The van der Waals surface area contributed by atoms with Gasteiger partial charge in [-0.1, -0.05) is 0 Å². The number of nitrogens with zero attached hydrogens (tertiary/aromatic N) is 4. The van der Waals surface area contributed by atoms with E-state index >= 15 is 0 Å². The van der Waals surface area contributed by atoms with Crippen LogP contribution in [-0.4, -0.2) is 39.6 Å². The van der Waals surface area contributed by atoms with Crippen molar-refractivity contribution in [2.24, 2.45) is 0 Å². The van der Waals surface area contributed by atoms with Crippen LogP contribution in [0, 0.1) is 25.2 Å². The molecule has 0 bridgehead atoms. The molecule has 2 amide bonds. The number of benzene rings is 1. The van der Waals surface area contributed by atoms with Gasteiger partial charge in [-0.3, -0.25) is 14.3 Å². The van der Waals surface area contributed by atoms with Gasteiger partial charge in [-0.2, -0.15) is 10.4 Å². The Morgan fingerprint density at radius 2 is 1.83 bits per heavy atom. The molecule has 1 aromatic heterocycles. The van der Waals surface area contributed by atoms with E-state index in [9.17, 15) is 9.59 Å². The average Bonchev–Trinajstić information content (AvgIpc) is 2.99. The first-order chi connectivity index (χ1) is 13.9. The minimum atomic E-state index is -0.0867. The van der Waals surface area contributed by atoms with Gasteiger partial charge in [-0.25, -0.2) is 0 Å². The quantitative estimate of drug-likeness (QED) is 0.704. The number of hydrogen-bond acceptors (Lipinski definition) is 4. The molecule has 0 saturated carbocycles. The van der Waals surface area contributed by atoms with Crippen LogP contribution in [0.4, 0.5) is 5.69 Å². The molecule has 2 aromatic rings. The topological polar surface area (TPSA) is 91.0 Å². The lowest BCUT2D eigenvalue weighted by Gasteiger charge is -2.18. The summed E-state index contributed by atoms with van der Waals surface area (Å²) in [6, 6.07) is 9.11. The third kappa shape index (κ3) is 5.67. The van der Waals surface area contributed by atoms with Crippen LogP contribution < -0.4 is 5.32 Å². The molecule has 2 rings (SSSR count). The lowest BCUT2D eigenvalue weighted by atomic mass is 10.1. The van der Waals surface area contributed by atoms with Crippen molar-refractivity contribution in [3.63, 3.8) is 0 Å². The second-order valence-electron chi connectivity index (χ2n) is 6.88. The Hall–Kier alpha value is -3.14. The average molecular weight is 396 g/mol. The van der Waals surface area contributed by atoms with Crippen molar-refractivity contribution in [2.45, 2.75) is 53.5 Å². The van der Waals surface area contributed by atoms with Gasteiger partial charge in [0.05, 0.1) is 24.7 Å². The highest BCUT2D eigenvalue weighted by Crippen LogP contribution is 2.17. The molecule has 0 atom stereocenters. The number of carbonyl (C=O) groups excluding carboxylic acids is 2. The van der Waals surface area contributed by atoms with Crippen molar-refractivity contribution in [1.29, 1.82) is 5.26 Å². The van der Waals surface area contributed by atoms with Gasteiger partial charge in [-0.15, -0.1) is 0 Å². The summed E-state index contributed by atoms with van der Waals surface area (Å²) in [5.41, 5.74) is 4.24. The van der Waals surface area contributed by atoms with E-state index in [-0.39, 0.29) is 11.8 Å². The third-order valence-corrected chi connectivity index (χ3v) is 5.04. The fourth-order valence-corrected chi connectivity index (χ4v) is 3.32. The SMILES string of the molecule is CCN(CC)C(=O)c1ccc(NC(=O)CCc2c(C)nn(CCC#N)c2C)cc1. The van der Waals surface area contributed by atoms with Gasteiger partial charge in [-0.05, 0) is 63.9 Å².